The first kappa shape index (κ1) is 12.1. The quantitative estimate of drug-likeness (QED) is 0.452. The predicted octanol–water partition coefficient (Wildman–Crippen LogP) is 4.44. The molecular formula is C20H18N2. The van der Waals surface area contributed by atoms with Crippen molar-refractivity contribution < 1.29 is 0 Å². The normalized spacial score (nSPS) is 13.5. The van der Waals surface area contributed by atoms with Crippen LogP contribution in [0.15, 0.2) is 48.5 Å². The second kappa shape index (κ2) is 4.04. The molecule has 0 saturated heterocycles. The molecule has 2 nitrogen and oxygen atoms in total. The van der Waals surface area contributed by atoms with Crippen LogP contribution in [0.4, 0.5) is 0 Å². The van der Waals surface area contributed by atoms with Crippen LogP contribution in [0.3, 0.4) is 0 Å². The molecule has 4 aromatic rings. The summed E-state index contributed by atoms with van der Waals surface area (Å²) in [5, 5.41) is 2.80. The molecular weight excluding hydrogens is 268 g/mol. The Bertz CT molecular complexity index is 1050. The number of aryl methyl sites for hydroxylation is 3. The van der Waals surface area contributed by atoms with Crippen LogP contribution in [0, 0.1) is 0 Å². The Morgan fingerprint density at radius 1 is 0.727 bits per heavy atom. The molecule has 22 heavy (non-hydrogen) atoms. The van der Waals surface area contributed by atoms with Crippen LogP contribution in [0.5, 0.6) is 0 Å². The number of aromatic nitrogens is 2. The molecule has 0 unspecified atom stereocenters. The monoisotopic (exact) mass is 286 g/mol. The summed E-state index contributed by atoms with van der Waals surface area (Å²) in [6.45, 7) is 0. The van der Waals surface area contributed by atoms with E-state index in [1.54, 1.807) is 0 Å². The van der Waals surface area contributed by atoms with E-state index in [1.165, 1.54) is 44.3 Å². The van der Waals surface area contributed by atoms with Crippen molar-refractivity contribution in [3.05, 3.63) is 59.8 Å². The molecule has 0 N–H and O–H groups in total. The lowest BCUT2D eigenvalue weighted by Crippen LogP contribution is -2.07. The van der Waals surface area contributed by atoms with E-state index in [-0.39, 0.29) is 0 Å². The molecule has 0 saturated carbocycles. The van der Waals surface area contributed by atoms with Crippen molar-refractivity contribution in [3.8, 4) is 11.3 Å². The molecule has 1 aliphatic carbocycles. The zero-order valence-electron chi connectivity index (χ0n) is 12.9. The molecule has 0 spiro atoms. The fraction of sp³-hybridized carbons (Fsp3) is 0.200. The number of rotatable bonds is 0. The van der Waals surface area contributed by atoms with Gasteiger partial charge in [-0.3, -0.25) is 0 Å². The maximum absolute atomic E-state index is 2.38. The summed E-state index contributed by atoms with van der Waals surface area (Å²) in [5.74, 6) is 0. The van der Waals surface area contributed by atoms with Gasteiger partial charge in [-0.2, -0.15) is 0 Å². The number of para-hydroxylation sites is 2. The summed E-state index contributed by atoms with van der Waals surface area (Å²) in [7, 11) is 4.41. The lowest BCUT2D eigenvalue weighted by atomic mass is 9.92. The maximum Gasteiger partial charge on any atom is 0.0545 e. The molecule has 0 radical (unpaired) electrons. The topological polar surface area (TPSA) is 9.86 Å². The summed E-state index contributed by atoms with van der Waals surface area (Å²) < 4.78 is 4.76. The first-order valence-electron chi connectivity index (χ1n) is 7.90. The average molecular weight is 286 g/mol. The van der Waals surface area contributed by atoms with Gasteiger partial charge >= 0.3 is 0 Å². The summed E-state index contributed by atoms with van der Waals surface area (Å²) >= 11 is 0. The van der Waals surface area contributed by atoms with Gasteiger partial charge in [0.05, 0.1) is 5.69 Å². The van der Waals surface area contributed by atoms with E-state index in [0.717, 1.165) is 12.8 Å². The van der Waals surface area contributed by atoms with Crippen LogP contribution < -0.4 is 0 Å². The van der Waals surface area contributed by atoms with Gasteiger partial charge in [0, 0.05) is 47.2 Å². The molecule has 0 amide bonds. The zero-order chi connectivity index (χ0) is 14.8. The third-order valence-electron chi connectivity index (χ3n) is 5.29. The molecule has 2 aromatic heterocycles. The molecule has 1 aliphatic rings. The minimum absolute atomic E-state index is 1.13. The summed E-state index contributed by atoms with van der Waals surface area (Å²) in [4.78, 5) is 0. The summed E-state index contributed by atoms with van der Waals surface area (Å²) in [5.41, 5.74) is 8.53. The third-order valence-corrected chi connectivity index (χ3v) is 5.29. The highest BCUT2D eigenvalue weighted by atomic mass is 15.0. The van der Waals surface area contributed by atoms with Gasteiger partial charge in [-0.25, -0.2) is 0 Å². The smallest absolute Gasteiger partial charge is 0.0545 e. The van der Waals surface area contributed by atoms with Gasteiger partial charge in [0.1, 0.15) is 0 Å². The highest BCUT2D eigenvalue weighted by Gasteiger charge is 2.27. The van der Waals surface area contributed by atoms with Gasteiger partial charge in [-0.05, 0) is 30.5 Å². The lowest BCUT2D eigenvalue weighted by molar-refractivity contribution is 0.804. The van der Waals surface area contributed by atoms with Gasteiger partial charge in [0.15, 0.2) is 0 Å². The van der Waals surface area contributed by atoms with E-state index >= 15 is 0 Å². The molecule has 0 aliphatic heterocycles. The molecule has 108 valence electrons. The number of hydrogen-bond acceptors (Lipinski definition) is 0. The van der Waals surface area contributed by atoms with Crippen molar-refractivity contribution in [1.82, 2.24) is 9.13 Å². The first-order valence-corrected chi connectivity index (χ1v) is 7.90. The molecule has 0 atom stereocenters. The molecule has 0 fully saturated rings. The van der Waals surface area contributed by atoms with Crippen molar-refractivity contribution >= 4 is 21.8 Å². The van der Waals surface area contributed by atoms with E-state index in [4.69, 9.17) is 0 Å². The van der Waals surface area contributed by atoms with E-state index < -0.39 is 0 Å². The Labute approximate surface area is 129 Å². The minimum Gasteiger partial charge on any atom is -0.347 e. The van der Waals surface area contributed by atoms with E-state index in [1.807, 2.05) is 0 Å². The van der Waals surface area contributed by atoms with Crippen molar-refractivity contribution in [2.75, 3.05) is 0 Å². The summed E-state index contributed by atoms with van der Waals surface area (Å²) in [6.07, 6.45) is 2.26. The SMILES string of the molecule is Cn1c2c(c3ccccc31)-c1c(c3ccccc3n1C)CC2. The number of benzene rings is 2. The van der Waals surface area contributed by atoms with Crippen LogP contribution >= 0.6 is 0 Å². The van der Waals surface area contributed by atoms with Gasteiger partial charge in [-0.15, -0.1) is 0 Å². The van der Waals surface area contributed by atoms with Crippen LogP contribution in [0.25, 0.3) is 33.1 Å². The van der Waals surface area contributed by atoms with Crippen LogP contribution in [-0.4, -0.2) is 9.13 Å². The minimum atomic E-state index is 1.13. The second-order valence-electron chi connectivity index (χ2n) is 6.30. The summed E-state index contributed by atoms with van der Waals surface area (Å²) in [6, 6.07) is 17.6. The number of fused-ring (bicyclic) bond motifs is 7. The largest absolute Gasteiger partial charge is 0.347 e. The van der Waals surface area contributed by atoms with Crippen LogP contribution in [0.2, 0.25) is 0 Å². The zero-order valence-corrected chi connectivity index (χ0v) is 12.9. The van der Waals surface area contributed by atoms with Gasteiger partial charge in [-0.1, -0.05) is 36.4 Å². The Morgan fingerprint density at radius 2 is 1.36 bits per heavy atom. The van der Waals surface area contributed by atoms with Crippen molar-refractivity contribution in [3.63, 3.8) is 0 Å². The Kier molecular flexibility index (Phi) is 2.22. The van der Waals surface area contributed by atoms with Gasteiger partial charge < -0.3 is 9.13 Å². The number of nitrogens with zero attached hydrogens (tertiary/aromatic N) is 2. The lowest BCUT2D eigenvalue weighted by Gasteiger charge is -2.17. The Balaban J connectivity index is 2.01. The fourth-order valence-corrected chi connectivity index (χ4v) is 4.29. The molecule has 5 rings (SSSR count). The fourth-order valence-electron chi connectivity index (χ4n) is 4.29. The maximum atomic E-state index is 2.38. The van der Waals surface area contributed by atoms with Crippen LogP contribution in [-0.2, 0) is 26.9 Å². The standard InChI is InChI=1S/C20H18N2/c1-21-17-10-6-4-8-15(17)19-18(21)12-11-14-13-7-3-5-9-16(13)22(2)20(14)19/h3-10H,11-12H2,1-2H3. The van der Waals surface area contributed by atoms with Gasteiger partial charge in [0.25, 0.3) is 0 Å². The van der Waals surface area contributed by atoms with E-state index in [2.05, 4.69) is 71.8 Å². The van der Waals surface area contributed by atoms with Crippen LogP contribution in [0.1, 0.15) is 11.3 Å². The first-order chi connectivity index (χ1) is 10.8. The van der Waals surface area contributed by atoms with E-state index in [9.17, 15) is 0 Å². The van der Waals surface area contributed by atoms with E-state index in [0.29, 0.717) is 0 Å². The van der Waals surface area contributed by atoms with Crippen molar-refractivity contribution in [2.24, 2.45) is 14.1 Å². The van der Waals surface area contributed by atoms with Crippen molar-refractivity contribution in [1.29, 1.82) is 0 Å². The second-order valence-corrected chi connectivity index (χ2v) is 6.30. The molecule has 2 heterocycles. The van der Waals surface area contributed by atoms with Gasteiger partial charge in [0.2, 0.25) is 0 Å². The third kappa shape index (κ3) is 1.31. The van der Waals surface area contributed by atoms with Crippen molar-refractivity contribution in [2.45, 2.75) is 12.8 Å². The average Bonchev–Trinajstić information content (AvgIpc) is 3.02. The Morgan fingerprint density at radius 3 is 2.14 bits per heavy atom. The highest BCUT2D eigenvalue weighted by Crippen LogP contribution is 2.43. The predicted molar refractivity (Wildman–Crippen MR) is 92.2 cm³/mol. The Hall–Kier alpha value is -2.48. The number of hydrogen-bond donors (Lipinski definition) is 0. The molecule has 2 aromatic carbocycles. The highest BCUT2D eigenvalue weighted by molar-refractivity contribution is 6.03. The molecule has 2 heteroatoms. The molecule has 0 bridgehead atoms.